The van der Waals surface area contributed by atoms with Crippen LogP contribution in [-0.2, 0) is 5.41 Å². The Morgan fingerprint density at radius 2 is 1.94 bits per heavy atom. The second-order valence-electron chi connectivity index (χ2n) is 5.56. The number of nitrogens with zero attached hydrogens (tertiary/aromatic N) is 2. The second kappa shape index (κ2) is 6.11. The maximum atomic E-state index is 6.19. The van der Waals surface area contributed by atoms with Crippen molar-refractivity contribution in [1.82, 2.24) is 9.97 Å². The zero-order chi connectivity index (χ0) is 13.9. The summed E-state index contributed by atoms with van der Waals surface area (Å²) in [5.74, 6) is 2.66. The zero-order valence-electron chi connectivity index (χ0n) is 12.0. The third kappa shape index (κ3) is 4.02. The van der Waals surface area contributed by atoms with Crippen LogP contribution < -0.4 is 5.32 Å². The number of nitrogens with one attached hydrogen (secondary N) is 1. The minimum atomic E-state index is -0.101. The van der Waals surface area contributed by atoms with Crippen molar-refractivity contribution < 1.29 is 0 Å². The fourth-order valence-electron chi connectivity index (χ4n) is 1.49. The van der Waals surface area contributed by atoms with Crippen molar-refractivity contribution in [3.05, 3.63) is 16.5 Å². The Bertz CT molecular complexity index is 415. The Balaban J connectivity index is 3.07. The van der Waals surface area contributed by atoms with E-state index in [1.807, 2.05) is 18.7 Å². The highest BCUT2D eigenvalue weighted by Crippen LogP contribution is 2.26. The maximum absolute atomic E-state index is 6.19. The molecular formula is C13H22ClN3S. The Hall–Kier alpha value is -0.480. The molecule has 1 heterocycles. The van der Waals surface area contributed by atoms with Crippen molar-refractivity contribution in [2.24, 2.45) is 0 Å². The van der Waals surface area contributed by atoms with Gasteiger partial charge in [0.05, 0.1) is 0 Å². The topological polar surface area (TPSA) is 37.8 Å². The van der Waals surface area contributed by atoms with E-state index in [2.05, 4.69) is 49.2 Å². The van der Waals surface area contributed by atoms with Crippen LogP contribution in [0.5, 0.6) is 0 Å². The molecule has 1 aromatic rings. The highest BCUT2D eigenvalue weighted by molar-refractivity contribution is 7.98. The third-order valence-electron chi connectivity index (χ3n) is 2.56. The Labute approximate surface area is 119 Å². The lowest BCUT2D eigenvalue weighted by atomic mass is 9.95. The molecule has 5 heteroatoms. The molecule has 18 heavy (non-hydrogen) atoms. The molecular weight excluding hydrogens is 266 g/mol. The van der Waals surface area contributed by atoms with Gasteiger partial charge in [0.2, 0.25) is 0 Å². The van der Waals surface area contributed by atoms with Crippen LogP contribution in [0.3, 0.4) is 0 Å². The number of anilines is 1. The van der Waals surface area contributed by atoms with Gasteiger partial charge in [0.25, 0.3) is 0 Å². The van der Waals surface area contributed by atoms with Crippen LogP contribution >= 0.6 is 23.4 Å². The molecule has 1 rings (SSSR count). The van der Waals surface area contributed by atoms with Gasteiger partial charge in [0.15, 0.2) is 0 Å². The molecule has 3 nitrogen and oxygen atoms in total. The molecule has 0 aliphatic heterocycles. The highest BCUT2D eigenvalue weighted by Gasteiger charge is 2.21. The maximum Gasteiger partial charge on any atom is 0.137 e. The molecule has 0 aromatic carbocycles. The quantitative estimate of drug-likeness (QED) is 0.853. The molecule has 0 aliphatic carbocycles. The van der Waals surface area contributed by atoms with E-state index in [0.29, 0.717) is 11.2 Å². The SMILES string of the molecule is CSCC(C)Nc1nc(C(C)(C)C)nc(Cl)c1C. The van der Waals surface area contributed by atoms with Crippen molar-refractivity contribution in [2.45, 2.75) is 46.1 Å². The first-order chi connectivity index (χ1) is 8.25. The number of thioether (sulfide) groups is 1. The Morgan fingerprint density at radius 3 is 2.44 bits per heavy atom. The van der Waals surface area contributed by atoms with Crippen LogP contribution in [0.2, 0.25) is 5.15 Å². The second-order valence-corrected chi connectivity index (χ2v) is 6.83. The molecule has 0 aliphatic rings. The van der Waals surface area contributed by atoms with Gasteiger partial charge in [-0.1, -0.05) is 32.4 Å². The van der Waals surface area contributed by atoms with Crippen LogP contribution in [0.15, 0.2) is 0 Å². The molecule has 0 fully saturated rings. The highest BCUT2D eigenvalue weighted by atomic mass is 35.5. The van der Waals surface area contributed by atoms with E-state index < -0.39 is 0 Å². The predicted octanol–water partition coefficient (Wildman–Crippen LogP) is 3.90. The van der Waals surface area contributed by atoms with Crippen molar-refractivity contribution >= 4 is 29.2 Å². The molecule has 1 N–H and O–H groups in total. The van der Waals surface area contributed by atoms with E-state index in [9.17, 15) is 0 Å². The first-order valence-corrected chi connectivity index (χ1v) is 7.83. The van der Waals surface area contributed by atoms with E-state index >= 15 is 0 Å². The third-order valence-corrected chi connectivity index (χ3v) is 3.76. The van der Waals surface area contributed by atoms with Crippen LogP contribution in [-0.4, -0.2) is 28.0 Å². The number of hydrogen-bond acceptors (Lipinski definition) is 4. The number of hydrogen-bond donors (Lipinski definition) is 1. The summed E-state index contributed by atoms with van der Waals surface area (Å²) in [5.41, 5.74) is 0.814. The monoisotopic (exact) mass is 287 g/mol. The van der Waals surface area contributed by atoms with Crippen LogP contribution in [0, 0.1) is 6.92 Å². The predicted molar refractivity (Wildman–Crippen MR) is 81.9 cm³/mol. The van der Waals surface area contributed by atoms with Gasteiger partial charge in [-0.25, -0.2) is 9.97 Å². The average molecular weight is 288 g/mol. The summed E-state index contributed by atoms with van der Waals surface area (Å²) in [6, 6.07) is 0.359. The lowest BCUT2D eigenvalue weighted by molar-refractivity contribution is 0.545. The van der Waals surface area contributed by atoms with E-state index in [1.165, 1.54) is 0 Å². The van der Waals surface area contributed by atoms with Crippen molar-refractivity contribution in [3.8, 4) is 0 Å². The van der Waals surface area contributed by atoms with Crippen LogP contribution in [0.1, 0.15) is 39.1 Å². The number of rotatable bonds is 4. The largest absolute Gasteiger partial charge is 0.366 e. The lowest BCUT2D eigenvalue weighted by Crippen LogP contribution is -2.23. The average Bonchev–Trinajstić information content (AvgIpc) is 2.23. The summed E-state index contributed by atoms with van der Waals surface area (Å²) < 4.78 is 0. The minimum Gasteiger partial charge on any atom is -0.366 e. The molecule has 0 spiro atoms. The van der Waals surface area contributed by atoms with Gasteiger partial charge < -0.3 is 5.32 Å². The standard InChI is InChI=1S/C13H22ClN3S/c1-8(7-18-6)15-11-9(2)10(14)16-12(17-11)13(3,4)5/h8H,7H2,1-6H3,(H,15,16,17). The van der Waals surface area contributed by atoms with Gasteiger partial charge in [-0.05, 0) is 20.1 Å². The Morgan fingerprint density at radius 1 is 1.33 bits per heavy atom. The molecule has 0 radical (unpaired) electrons. The summed E-state index contributed by atoms with van der Waals surface area (Å²) in [6.45, 7) is 10.3. The van der Waals surface area contributed by atoms with Crippen LogP contribution in [0.25, 0.3) is 0 Å². The van der Waals surface area contributed by atoms with Crippen molar-refractivity contribution in [3.63, 3.8) is 0 Å². The summed E-state index contributed by atoms with van der Waals surface area (Å²) in [4.78, 5) is 8.98. The summed E-state index contributed by atoms with van der Waals surface area (Å²) in [6.07, 6.45) is 2.10. The van der Waals surface area contributed by atoms with E-state index in [1.54, 1.807) is 0 Å². The van der Waals surface area contributed by atoms with Gasteiger partial charge in [0, 0.05) is 22.8 Å². The molecule has 0 bridgehead atoms. The van der Waals surface area contributed by atoms with E-state index in [-0.39, 0.29) is 5.41 Å². The molecule has 0 amide bonds. The number of halogens is 1. The summed E-state index contributed by atoms with van der Waals surface area (Å²) >= 11 is 8.00. The molecule has 0 saturated heterocycles. The Kier molecular flexibility index (Phi) is 5.29. The van der Waals surface area contributed by atoms with Gasteiger partial charge in [-0.3, -0.25) is 0 Å². The van der Waals surface area contributed by atoms with Gasteiger partial charge in [-0.2, -0.15) is 11.8 Å². The normalized spacial score (nSPS) is 13.5. The zero-order valence-corrected chi connectivity index (χ0v) is 13.5. The molecule has 0 saturated carbocycles. The first-order valence-electron chi connectivity index (χ1n) is 6.05. The molecule has 1 unspecified atom stereocenters. The van der Waals surface area contributed by atoms with E-state index in [0.717, 1.165) is 23.0 Å². The molecule has 1 atom stereocenters. The van der Waals surface area contributed by atoms with Gasteiger partial charge in [-0.15, -0.1) is 0 Å². The van der Waals surface area contributed by atoms with Crippen molar-refractivity contribution in [1.29, 1.82) is 0 Å². The van der Waals surface area contributed by atoms with Crippen molar-refractivity contribution in [2.75, 3.05) is 17.3 Å². The lowest BCUT2D eigenvalue weighted by Gasteiger charge is -2.21. The fraction of sp³-hybridized carbons (Fsp3) is 0.692. The first kappa shape index (κ1) is 15.6. The van der Waals surface area contributed by atoms with Gasteiger partial charge in [0.1, 0.15) is 16.8 Å². The van der Waals surface area contributed by atoms with E-state index in [4.69, 9.17) is 11.6 Å². The number of aromatic nitrogens is 2. The molecule has 1 aromatic heterocycles. The smallest absolute Gasteiger partial charge is 0.137 e. The summed E-state index contributed by atoms with van der Waals surface area (Å²) in [7, 11) is 0. The van der Waals surface area contributed by atoms with Crippen LogP contribution in [0.4, 0.5) is 5.82 Å². The van der Waals surface area contributed by atoms with Gasteiger partial charge >= 0.3 is 0 Å². The summed E-state index contributed by atoms with van der Waals surface area (Å²) in [5, 5.41) is 3.94. The minimum absolute atomic E-state index is 0.101. The fourth-order valence-corrected chi connectivity index (χ4v) is 2.24. The molecule has 102 valence electrons.